The zero-order valence-electron chi connectivity index (χ0n) is 12.0. The van der Waals surface area contributed by atoms with Gasteiger partial charge in [0.2, 0.25) is 5.91 Å². The number of amides is 1. The Morgan fingerprint density at radius 3 is 2.68 bits per heavy atom. The predicted octanol–water partition coefficient (Wildman–Crippen LogP) is 2.14. The topological polar surface area (TPSA) is 61.4 Å². The minimum absolute atomic E-state index is 0.00724. The molecular formula is C15H24N2O2. The number of carbonyl (C=O) groups is 1. The Hall–Kier alpha value is -1.55. The van der Waals surface area contributed by atoms with Gasteiger partial charge >= 0.3 is 0 Å². The van der Waals surface area contributed by atoms with Crippen LogP contribution in [0.2, 0.25) is 0 Å². The molecule has 0 aromatic heterocycles. The lowest BCUT2D eigenvalue weighted by Crippen LogP contribution is -2.32. The number of hydrogen-bond acceptors (Lipinski definition) is 3. The van der Waals surface area contributed by atoms with Crippen LogP contribution in [-0.4, -0.2) is 24.1 Å². The Morgan fingerprint density at radius 1 is 1.32 bits per heavy atom. The monoisotopic (exact) mass is 264 g/mol. The number of benzene rings is 1. The summed E-state index contributed by atoms with van der Waals surface area (Å²) in [5.41, 5.74) is 1.91. The van der Waals surface area contributed by atoms with E-state index in [0.717, 1.165) is 17.7 Å². The summed E-state index contributed by atoms with van der Waals surface area (Å²) in [6.45, 7) is 7.40. The van der Waals surface area contributed by atoms with E-state index in [-0.39, 0.29) is 24.5 Å². The largest absolute Gasteiger partial charge is 0.392 e. The smallest absolute Gasteiger partial charge is 0.239 e. The molecule has 0 unspecified atom stereocenters. The molecule has 19 heavy (non-hydrogen) atoms. The van der Waals surface area contributed by atoms with Crippen LogP contribution in [0.1, 0.15) is 32.8 Å². The second kappa shape index (κ2) is 7.14. The fraction of sp³-hybridized carbons (Fsp3) is 0.533. The zero-order valence-corrected chi connectivity index (χ0v) is 12.0. The number of aliphatic hydroxyl groups excluding tert-OH is 1. The summed E-state index contributed by atoms with van der Waals surface area (Å²) in [6.07, 6.45) is 0.957. The van der Waals surface area contributed by atoms with Crippen LogP contribution in [0.4, 0.5) is 5.69 Å². The highest BCUT2D eigenvalue weighted by Gasteiger charge is 2.10. The summed E-state index contributed by atoms with van der Waals surface area (Å²) in [7, 11) is 0. The Morgan fingerprint density at radius 2 is 2.05 bits per heavy atom. The fourth-order valence-corrected chi connectivity index (χ4v) is 1.60. The first-order chi connectivity index (χ1) is 8.90. The van der Waals surface area contributed by atoms with Crippen molar-refractivity contribution in [1.82, 2.24) is 5.32 Å². The number of aliphatic hydroxyl groups is 1. The van der Waals surface area contributed by atoms with Crippen LogP contribution in [0.15, 0.2) is 24.3 Å². The van der Waals surface area contributed by atoms with E-state index in [1.165, 1.54) is 0 Å². The number of rotatable bonds is 6. The molecule has 1 aromatic carbocycles. The molecule has 0 spiro atoms. The molecule has 0 saturated carbocycles. The molecule has 0 aliphatic carbocycles. The van der Waals surface area contributed by atoms with Gasteiger partial charge in [0.05, 0.1) is 13.2 Å². The van der Waals surface area contributed by atoms with Crippen molar-refractivity contribution in [3.63, 3.8) is 0 Å². The van der Waals surface area contributed by atoms with Crippen molar-refractivity contribution in [2.24, 2.45) is 5.41 Å². The lowest BCUT2D eigenvalue weighted by molar-refractivity contribution is -0.119. The molecule has 0 atom stereocenters. The number of anilines is 1. The third-order valence-electron chi connectivity index (χ3n) is 2.76. The first-order valence-corrected chi connectivity index (χ1v) is 6.61. The molecule has 0 saturated heterocycles. The average Bonchev–Trinajstić information content (AvgIpc) is 2.35. The van der Waals surface area contributed by atoms with Crippen LogP contribution in [0, 0.1) is 5.41 Å². The Bertz CT molecular complexity index is 411. The quantitative estimate of drug-likeness (QED) is 0.737. The molecule has 1 rings (SSSR count). The number of hydrogen-bond donors (Lipinski definition) is 3. The number of carbonyl (C=O) groups excluding carboxylic acids is 1. The van der Waals surface area contributed by atoms with Gasteiger partial charge in [0.1, 0.15) is 0 Å². The molecule has 0 aliphatic rings. The molecule has 4 nitrogen and oxygen atoms in total. The van der Waals surface area contributed by atoms with E-state index in [1.807, 2.05) is 24.3 Å². The van der Waals surface area contributed by atoms with Crippen molar-refractivity contribution in [1.29, 1.82) is 0 Å². The van der Waals surface area contributed by atoms with Crippen molar-refractivity contribution < 1.29 is 9.90 Å². The van der Waals surface area contributed by atoms with Gasteiger partial charge in [-0.25, -0.2) is 0 Å². The molecule has 0 radical (unpaired) electrons. The SMILES string of the molecule is CC(C)(C)CCNC(=O)CNc1cccc(CO)c1. The van der Waals surface area contributed by atoms with E-state index < -0.39 is 0 Å². The van der Waals surface area contributed by atoms with Crippen LogP contribution >= 0.6 is 0 Å². The van der Waals surface area contributed by atoms with Crippen molar-refractivity contribution in [3.05, 3.63) is 29.8 Å². The van der Waals surface area contributed by atoms with E-state index in [9.17, 15) is 4.79 Å². The van der Waals surface area contributed by atoms with Crippen molar-refractivity contribution >= 4 is 11.6 Å². The van der Waals surface area contributed by atoms with Gasteiger partial charge in [-0.1, -0.05) is 32.9 Å². The highest BCUT2D eigenvalue weighted by Crippen LogP contribution is 2.16. The normalized spacial score (nSPS) is 11.2. The van der Waals surface area contributed by atoms with Crippen LogP contribution < -0.4 is 10.6 Å². The van der Waals surface area contributed by atoms with E-state index in [4.69, 9.17) is 5.11 Å². The maximum absolute atomic E-state index is 11.6. The molecule has 1 aromatic rings. The summed E-state index contributed by atoms with van der Waals surface area (Å²) in [5.74, 6) is -0.0151. The molecule has 4 heteroatoms. The molecule has 0 aliphatic heterocycles. The predicted molar refractivity (Wildman–Crippen MR) is 77.9 cm³/mol. The summed E-state index contributed by atoms with van der Waals surface area (Å²) in [4.78, 5) is 11.6. The summed E-state index contributed by atoms with van der Waals surface area (Å²) >= 11 is 0. The maximum atomic E-state index is 11.6. The van der Waals surface area contributed by atoms with Gasteiger partial charge in [-0.15, -0.1) is 0 Å². The lowest BCUT2D eigenvalue weighted by Gasteiger charge is -2.18. The molecule has 0 heterocycles. The first kappa shape index (κ1) is 15.5. The van der Waals surface area contributed by atoms with Gasteiger partial charge in [-0.3, -0.25) is 4.79 Å². The highest BCUT2D eigenvalue weighted by atomic mass is 16.3. The summed E-state index contributed by atoms with van der Waals surface area (Å²) in [6, 6.07) is 7.41. The Kier molecular flexibility index (Phi) is 5.83. The summed E-state index contributed by atoms with van der Waals surface area (Å²) < 4.78 is 0. The molecule has 0 fully saturated rings. The van der Waals surface area contributed by atoms with Gasteiger partial charge < -0.3 is 15.7 Å². The van der Waals surface area contributed by atoms with E-state index in [1.54, 1.807) is 0 Å². The minimum Gasteiger partial charge on any atom is -0.392 e. The molecule has 0 bridgehead atoms. The highest BCUT2D eigenvalue weighted by molar-refractivity contribution is 5.80. The van der Waals surface area contributed by atoms with Gasteiger partial charge in [-0.2, -0.15) is 0 Å². The van der Waals surface area contributed by atoms with E-state index >= 15 is 0 Å². The molecule has 1 amide bonds. The molecule has 3 N–H and O–H groups in total. The van der Waals surface area contributed by atoms with Gasteiger partial charge in [0.15, 0.2) is 0 Å². The fourth-order valence-electron chi connectivity index (χ4n) is 1.60. The third kappa shape index (κ3) is 6.82. The van der Waals surface area contributed by atoms with Gasteiger partial charge in [0, 0.05) is 12.2 Å². The van der Waals surface area contributed by atoms with Crippen LogP contribution in [0.5, 0.6) is 0 Å². The maximum Gasteiger partial charge on any atom is 0.239 e. The molecule has 106 valence electrons. The van der Waals surface area contributed by atoms with Crippen LogP contribution in [0.3, 0.4) is 0 Å². The number of nitrogens with one attached hydrogen (secondary N) is 2. The van der Waals surface area contributed by atoms with E-state index in [2.05, 4.69) is 31.4 Å². The van der Waals surface area contributed by atoms with E-state index in [0.29, 0.717) is 6.54 Å². The third-order valence-corrected chi connectivity index (χ3v) is 2.76. The second-order valence-corrected chi connectivity index (χ2v) is 5.87. The Labute approximate surface area is 115 Å². The van der Waals surface area contributed by atoms with Crippen molar-refractivity contribution in [2.45, 2.75) is 33.8 Å². The minimum atomic E-state index is -0.0151. The lowest BCUT2D eigenvalue weighted by atomic mass is 9.92. The zero-order chi connectivity index (χ0) is 14.3. The van der Waals surface area contributed by atoms with Crippen LogP contribution in [0.25, 0.3) is 0 Å². The summed E-state index contributed by atoms with van der Waals surface area (Å²) in [5, 5.41) is 15.0. The van der Waals surface area contributed by atoms with Gasteiger partial charge in [0.25, 0.3) is 0 Å². The first-order valence-electron chi connectivity index (χ1n) is 6.61. The van der Waals surface area contributed by atoms with Crippen molar-refractivity contribution in [2.75, 3.05) is 18.4 Å². The van der Waals surface area contributed by atoms with Gasteiger partial charge in [-0.05, 0) is 29.5 Å². The van der Waals surface area contributed by atoms with Crippen molar-refractivity contribution in [3.8, 4) is 0 Å². The average molecular weight is 264 g/mol. The standard InChI is InChI=1S/C15H24N2O2/c1-15(2,3)7-8-16-14(19)10-17-13-6-4-5-12(9-13)11-18/h4-6,9,17-18H,7-8,10-11H2,1-3H3,(H,16,19). The molecular weight excluding hydrogens is 240 g/mol. The Balaban J connectivity index is 2.29. The van der Waals surface area contributed by atoms with Crippen LogP contribution in [-0.2, 0) is 11.4 Å². The second-order valence-electron chi connectivity index (χ2n) is 5.87.